The Bertz CT molecular complexity index is 344. The van der Waals surface area contributed by atoms with Gasteiger partial charge >= 0.3 is 0 Å². The monoisotopic (exact) mass is 163 g/mol. The summed E-state index contributed by atoms with van der Waals surface area (Å²) in [5, 5.41) is 12.3. The summed E-state index contributed by atoms with van der Waals surface area (Å²) in [6.45, 7) is 1.49. The lowest BCUT2D eigenvalue weighted by molar-refractivity contribution is -0.131. The normalized spacial score (nSPS) is 26.7. The van der Waals surface area contributed by atoms with Gasteiger partial charge in [-0.25, -0.2) is 0 Å². The predicted molar refractivity (Wildman–Crippen MR) is 44.6 cm³/mol. The Morgan fingerprint density at radius 1 is 1.42 bits per heavy atom. The van der Waals surface area contributed by atoms with Crippen LogP contribution in [0, 0.1) is 0 Å². The molecule has 1 heterocycles. The van der Waals surface area contributed by atoms with Crippen molar-refractivity contribution in [3.8, 4) is 0 Å². The van der Waals surface area contributed by atoms with E-state index in [1.807, 2.05) is 6.07 Å². The Hall–Kier alpha value is -1.35. The van der Waals surface area contributed by atoms with Gasteiger partial charge in [0, 0.05) is 11.3 Å². The largest absolute Gasteiger partial charge is 0.375 e. The van der Waals surface area contributed by atoms with E-state index in [0.29, 0.717) is 11.3 Å². The first kappa shape index (κ1) is 7.31. The Kier molecular flexibility index (Phi) is 1.26. The van der Waals surface area contributed by atoms with Crippen LogP contribution in [0.4, 0.5) is 5.69 Å². The summed E-state index contributed by atoms with van der Waals surface area (Å²) in [6, 6.07) is 7.13. The fourth-order valence-electron chi connectivity index (χ4n) is 1.38. The number of amides is 1. The van der Waals surface area contributed by atoms with Gasteiger partial charge in [0.15, 0.2) is 5.60 Å². The molecule has 1 aromatic rings. The number of nitrogens with one attached hydrogen (secondary N) is 1. The molecule has 2 rings (SSSR count). The molecule has 1 unspecified atom stereocenters. The van der Waals surface area contributed by atoms with E-state index in [9.17, 15) is 9.90 Å². The van der Waals surface area contributed by atoms with Crippen molar-refractivity contribution in [2.75, 3.05) is 5.32 Å². The van der Waals surface area contributed by atoms with E-state index in [0.717, 1.165) is 0 Å². The average Bonchev–Trinajstić information content (AvgIpc) is 2.25. The van der Waals surface area contributed by atoms with Gasteiger partial charge in [-0.3, -0.25) is 4.79 Å². The van der Waals surface area contributed by atoms with Crippen LogP contribution in [-0.2, 0) is 10.4 Å². The molecule has 1 amide bonds. The SMILES string of the molecule is CC1(O)C(=O)Nc2ccccc21. The lowest BCUT2D eigenvalue weighted by Crippen LogP contribution is -2.30. The second kappa shape index (κ2) is 2.08. The number of carbonyl (C=O) groups is 1. The maximum absolute atomic E-state index is 11.2. The topological polar surface area (TPSA) is 49.3 Å². The summed E-state index contributed by atoms with van der Waals surface area (Å²) in [4.78, 5) is 11.2. The molecule has 0 saturated heterocycles. The van der Waals surface area contributed by atoms with Crippen LogP contribution >= 0.6 is 0 Å². The van der Waals surface area contributed by atoms with Gasteiger partial charge < -0.3 is 10.4 Å². The number of hydrogen-bond donors (Lipinski definition) is 2. The number of benzene rings is 1. The molecule has 0 saturated carbocycles. The van der Waals surface area contributed by atoms with Crippen molar-refractivity contribution in [2.45, 2.75) is 12.5 Å². The first-order valence-corrected chi connectivity index (χ1v) is 3.76. The number of rotatable bonds is 0. The zero-order chi connectivity index (χ0) is 8.77. The lowest BCUT2D eigenvalue weighted by atomic mass is 9.98. The van der Waals surface area contributed by atoms with Crippen LogP contribution in [0.3, 0.4) is 0 Å². The molecule has 0 radical (unpaired) electrons. The molecule has 0 bridgehead atoms. The smallest absolute Gasteiger partial charge is 0.260 e. The van der Waals surface area contributed by atoms with E-state index in [2.05, 4.69) is 5.32 Å². The van der Waals surface area contributed by atoms with Crippen molar-refractivity contribution in [2.24, 2.45) is 0 Å². The Morgan fingerprint density at radius 2 is 2.08 bits per heavy atom. The van der Waals surface area contributed by atoms with Crippen molar-refractivity contribution < 1.29 is 9.90 Å². The van der Waals surface area contributed by atoms with E-state index >= 15 is 0 Å². The summed E-state index contributed by atoms with van der Waals surface area (Å²) >= 11 is 0. The molecule has 12 heavy (non-hydrogen) atoms. The van der Waals surface area contributed by atoms with Gasteiger partial charge in [-0.1, -0.05) is 18.2 Å². The molecule has 1 aliphatic heterocycles. The summed E-state index contributed by atoms with van der Waals surface area (Å²) < 4.78 is 0. The molecule has 62 valence electrons. The third kappa shape index (κ3) is 0.769. The van der Waals surface area contributed by atoms with Gasteiger partial charge in [-0.05, 0) is 13.0 Å². The minimum Gasteiger partial charge on any atom is -0.375 e. The number of aliphatic hydroxyl groups is 1. The van der Waals surface area contributed by atoms with Crippen LogP contribution in [-0.4, -0.2) is 11.0 Å². The summed E-state index contributed by atoms with van der Waals surface area (Å²) in [6.07, 6.45) is 0. The van der Waals surface area contributed by atoms with Crippen LogP contribution in [0.15, 0.2) is 24.3 Å². The molecule has 1 aromatic carbocycles. The summed E-state index contributed by atoms with van der Waals surface area (Å²) in [5.74, 6) is -0.358. The van der Waals surface area contributed by atoms with Gasteiger partial charge in [-0.15, -0.1) is 0 Å². The molecular formula is C9H9NO2. The third-order valence-electron chi connectivity index (χ3n) is 2.14. The fourth-order valence-corrected chi connectivity index (χ4v) is 1.38. The molecule has 3 nitrogen and oxygen atoms in total. The first-order chi connectivity index (χ1) is 5.62. The summed E-state index contributed by atoms with van der Waals surface area (Å²) in [5.41, 5.74) is -0.0150. The maximum Gasteiger partial charge on any atom is 0.260 e. The molecular weight excluding hydrogens is 154 g/mol. The van der Waals surface area contributed by atoms with E-state index in [4.69, 9.17) is 0 Å². The van der Waals surface area contributed by atoms with Crippen LogP contribution in [0.5, 0.6) is 0 Å². The van der Waals surface area contributed by atoms with Gasteiger partial charge in [0.2, 0.25) is 0 Å². The van der Waals surface area contributed by atoms with E-state index < -0.39 is 5.60 Å². The lowest BCUT2D eigenvalue weighted by Gasteiger charge is -2.12. The molecule has 0 aromatic heterocycles. The van der Waals surface area contributed by atoms with Crippen molar-refractivity contribution in [3.63, 3.8) is 0 Å². The standard InChI is InChI=1S/C9H9NO2/c1-9(12)6-4-2-3-5-7(6)10-8(9)11/h2-5,12H,1H3,(H,10,11). The zero-order valence-corrected chi connectivity index (χ0v) is 6.66. The Labute approximate surface area is 70.0 Å². The number of para-hydroxylation sites is 1. The maximum atomic E-state index is 11.2. The summed E-state index contributed by atoms with van der Waals surface area (Å²) in [7, 11) is 0. The Balaban J connectivity index is 2.63. The van der Waals surface area contributed by atoms with E-state index in [1.165, 1.54) is 6.92 Å². The highest BCUT2D eigenvalue weighted by Gasteiger charge is 2.40. The predicted octanol–water partition coefficient (Wildman–Crippen LogP) is 0.846. The molecule has 2 N–H and O–H groups in total. The number of carbonyl (C=O) groups excluding carboxylic acids is 1. The fraction of sp³-hybridized carbons (Fsp3) is 0.222. The van der Waals surface area contributed by atoms with Gasteiger partial charge in [0.1, 0.15) is 0 Å². The average molecular weight is 163 g/mol. The Morgan fingerprint density at radius 3 is 2.75 bits per heavy atom. The minimum absolute atomic E-state index is 0.358. The highest BCUT2D eigenvalue weighted by Crippen LogP contribution is 2.34. The van der Waals surface area contributed by atoms with Crippen molar-refractivity contribution in [3.05, 3.63) is 29.8 Å². The van der Waals surface area contributed by atoms with Crippen LogP contribution in [0.25, 0.3) is 0 Å². The van der Waals surface area contributed by atoms with E-state index in [-0.39, 0.29) is 5.91 Å². The highest BCUT2D eigenvalue weighted by atomic mass is 16.3. The zero-order valence-electron chi connectivity index (χ0n) is 6.66. The first-order valence-electron chi connectivity index (χ1n) is 3.76. The van der Waals surface area contributed by atoms with Gasteiger partial charge in [0.05, 0.1) is 0 Å². The van der Waals surface area contributed by atoms with Gasteiger partial charge in [-0.2, -0.15) is 0 Å². The molecule has 1 atom stereocenters. The number of fused-ring (bicyclic) bond motifs is 1. The molecule has 0 fully saturated rings. The van der Waals surface area contributed by atoms with Gasteiger partial charge in [0.25, 0.3) is 5.91 Å². The van der Waals surface area contributed by atoms with Crippen molar-refractivity contribution in [1.82, 2.24) is 0 Å². The third-order valence-corrected chi connectivity index (χ3v) is 2.14. The van der Waals surface area contributed by atoms with Crippen LogP contribution in [0.2, 0.25) is 0 Å². The molecule has 0 aliphatic carbocycles. The minimum atomic E-state index is -1.36. The van der Waals surface area contributed by atoms with Crippen LogP contribution < -0.4 is 5.32 Å². The second-order valence-electron chi connectivity index (χ2n) is 3.07. The van der Waals surface area contributed by atoms with Crippen molar-refractivity contribution in [1.29, 1.82) is 0 Å². The van der Waals surface area contributed by atoms with E-state index in [1.54, 1.807) is 18.2 Å². The molecule has 3 heteroatoms. The molecule has 0 spiro atoms. The number of hydrogen-bond acceptors (Lipinski definition) is 2. The second-order valence-corrected chi connectivity index (χ2v) is 3.07. The molecule has 1 aliphatic rings. The van der Waals surface area contributed by atoms with Crippen molar-refractivity contribution >= 4 is 11.6 Å². The highest BCUT2D eigenvalue weighted by molar-refractivity contribution is 6.04. The number of anilines is 1. The van der Waals surface area contributed by atoms with Crippen LogP contribution in [0.1, 0.15) is 12.5 Å². The quantitative estimate of drug-likeness (QED) is 0.595.